The van der Waals surface area contributed by atoms with E-state index in [4.69, 9.17) is 9.26 Å². The summed E-state index contributed by atoms with van der Waals surface area (Å²) in [6, 6.07) is 0. The molecule has 1 aromatic rings. The molecule has 128 valence electrons. The van der Waals surface area contributed by atoms with E-state index < -0.39 is 31.8 Å². The molecule has 23 heavy (non-hydrogen) atoms. The van der Waals surface area contributed by atoms with Gasteiger partial charge in [-0.2, -0.15) is 0 Å². The van der Waals surface area contributed by atoms with Crippen LogP contribution in [0.3, 0.4) is 0 Å². The van der Waals surface area contributed by atoms with E-state index in [1.807, 2.05) is 0 Å². The van der Waals surface area contributed by atoms with Crippen LogP contribution < -0.4 is 11.2 Å². The number of H-pyrrole nitrogens is 1. The van der Waals surface area contributed by atoms with Crippen molar-refractivity contribution in [3.63, 3.8) is 0 Å². The molecule has 0 aliphatic carbocycles. The molecule has 0 bridgehead atoms. The van der Waals surface area contributed by atoms with Crippen LogP contribution >= 0.6 is 21.0 Å². The second-order valence-corrected chi connectivity index (χ2v) is 7.54. The molecule has 0 saturated carbocycles. The average molecular weight is 363 g/mol. The minimum atomic E-state index is -1.92. The summed E-state index contributed by atoms with van der Waals surface area (Å²) in [7, 11) is 1.38. The third kappa shape index (κ3) is 4.72. The highest BCUT2D eigenvalue weighted by Crippen LogP contribution is 2.27. The molecule has 2 rings (SSSR count). The van der Waals surface area contributed by atoms with Crippen molar-refractivity contribution < 1.29 is 13.8 Å². The Bertz CT molecular complexity index is 691. The Morgan fingerprint density at radius 1 is 1.48 bits per heavy atom. The fourth-order valence-electron chi connectivity index (χ4n) is 2.11. The summed E-state index contributed by atoms with van der Waals surface area (Å²) in [5.41, 5.74) is -0.561. The lowest BCUT2D eigenvalue weighted by atomic mass is 10.3. The largest absolute Gasteiger partial charge is 0.615 e. The molecule has 1 N–H and O–H groups in total. The molecule has 0 amide bonds. The zero-order valence-corrected chi connectivity index (χ0v) is 14.9. The molecule has 9 nitrogen and oxygen atoms in total. The maximum Gasteiger partial charge on any atom is 0.615 e. The molecule has 0 radical (unpaired) electrons. The molecule has 3 atom stereocenters. The van der Waals surface area contributed by atoms with Crippen molar-refractivity contribution in [3.8, 4) is 0 Å². The summed E-state index contributed by atoms with van der Waals surface area (Å²) in [6.45, 7) is 2.55. The summed E-state index contributed by atoms with van der Waals surface area (Å²) < 4.78 is 27.2. The van der Waals surface area contributed by atoms with E-state index in [2.05, 4.69) is 17.8 Å². The van der Waals surface area contributed by atoms with Crippen LogP contribution in [0.15, 0.2) is 15.8 Å². The van der Waals surface area contributed by atoms with E-state index in [0.717, 1.165) is 0 Å². The van der Waals surface area contributed by atoms with Crippen LogP contribution in [0.1, 0.15) is 11.8 Å². The van der Waals surface area contributed by atoms with Crippen LogP contribution in [-0.2, 0) is 13.8 Å². The van der Waals surface area contributed by atoms with Crippen LogP contribution in [0.2, 0.25) is 0 Å². The standard InChI is InChI=1S/C12H19N4O5PS/c1-8-4-16(12(18)13-11(8)17)10-6-15(23)5-9(21-10)7-20-22(19)14(2)3/h4,9-10,23H,5-7H2,1-3H3/p+1/t9-,10+/m0/s1. The Labute approximate surface area is 139 Å². The molecule has 2 heterocycles. The minimum Gasteiger partial charge on any atom is -0.349 e. The van der Waals surface area contributed by atoms with Crippen LogP contribution in [0.25, 0.3) is 0 Å². The van der Waals surface area contributed by atoms with Crippen LogP contribution in [-0.4, -0.2) is 58.4 Å². The number of morpholine rings is 1. The predicted octanol–water partition coefficient (Wildman–Crippen LogP) is 0.125. The molecule has 11 heteroatoms. The van der Waals surface area contributed by atoms with Crippen molar-refractivity contribution >= 4 is 21.0 Å². The van der Waals surface area contributed by atoms with Gasteiger partial charge in [-0.3, -0.25) is 14.3 Å². The molecule has 1 saturated heterocycles. The molecule has 1 aliphatic rings. The maximum absolute atomic E-state index is 12.0. The molecule has 1 aliphatic heterocycles. The molecule has 1 aromatic heterocycles. The number of hydrogen-bond donors (Lipinski definition) is 2. The average Bonchev–Trinajstić information content (AvgIpc) is 2.47. The quantitative estimate of drug-likeness (QED) is 0.567. The van der Waals surface area contributed by atoms with Gasteiger partial charge in [0.1, 0.15) is 12.7 Å². The first-order chi connectivity index (χ1) is 10.8. The summed E-state index contributed by atoms with van der Waals surface area (Å²) in [5.74, 6) is 0. The monoisotopic (exact) mass is 363 g/mol. The van der Waals surface area contributed by atoms with Gasteiger partial charge in [0.05, 0.1) is 6.54 Å². The van der Waals surface area contributed by atoms with E-state index in [1.54, 1.807) is 25.3 Å². The number of rotatable bonds is 5. The van der Waals surface area contributed by atoms with Gasteiger partial charge >= 0.3 is 13.9 Å². The Hall–Kier alpha value is -1.03. The summed E-state index contributed by atoms with van der Waals surface area (Å²) in [6.07, 6.45) is 0.441. The Morgan fingerprint density at radius 2 is 2.17 bits per heavy atom. The zero-order valence-electron chi connectivity index (χ0n) is 13.1. The summed E-state index contributed by atoms with van der Waals surface area (Å²) in [5, 5.41) is 0. The molecule has 1 fully saturated rings. The van der Waals surface area contributed by atoms with Gasteiger partial charge in [-0.1, -0.05) is 17.5 Å². The van der Waals surface area contributed by atoms with Crippen molar-refractivity contribution in [1.29, 1.82) is 0 Å². The number of nitrogens with zero attached hydrogens (tertiary/aromatic N) is 3. The van der Waals surface area contributed by atoms with Crippen molar-refractivity contribution in [1.82, 2.24) is 18.5 Å². The van der Waals surface area contributed by atoms with E-state index in [9.17, 15) is 14.2 Å². The van der Waals surface area contributed by atoms with Gasteiger partial charge in [-0.15, -0.1) is 4.52 Å². The zero-order chi connectivity index (χ0) is 17.1. The van der Waals surface area contributed by atoms with Gasteiger partial charge in [-0.05, 0) is 11.5 Å². The van der Waals surface area contributed by atoms with E-state index in [1.165, 1.54) is 15.4 Å². The van der Waals surface area contributed by atoms with E-state index in [-0.39, 0.29) is 6.61 Å². The lowest BCUT2D eigenvalue weighted by Gasteiger charge is -2.34. The van der Waals surface area contributed by atoms with Gasteiger partial charge in [0, 0.05) is 32.4 Å². The van der Waals surface area contributed by atoms with Gasteiger partial charge in [0.2, 0.25) is 0 Å². The number of aryl methyl sites for hydroxylation is 1. The molecule has 1 unspecified atom stereocenters. The Kier molecular flexibility index (Phi) is 6.12. The van der Waals surface area contributed by atoms with E-state index in [0.29, 0.717) is 18.7 Å². The van der Waals surface area contributed by atoms with Crippen LogP contribution in [0.5, 0.6) is 0 Å². The third-order valence-corrected chi connectivity index (χ3v) is 4.63. The summed E-state index contributed by atoms with van der Waals surface area (Å²) >= 11 is 4.32. The number of thiol groups is 1. The molecule has 0 aromatic carbocycles. The minimum absolute atomic E-state index is 0.109. The maximum atomic E-state index is 12.0. The van der Waals surface area contributed by atoms with Gasteiger partial charge in [0.15, 0.2) is 6.23 Å². The highest BCUT2D eigenvalue weighted by Gasteiger charge is 2.32. The van der Waals surface area contributed by atoms with Crippen molar-refractivity contribution in [2.45, 2.75) is 19.3 Å². The smallest absolute Gasteiger partial charge is 0.349 e. The fourth-order valence-corrected chi connectivity index (χ4v) is 2.95. The second-order valence-electron chi connectivity index (χ2n) is 5.44. The van der Waals surface area contributed by atoms with Gasteiger partial charge in [0.25, 0.3) is 5.56 Å². The first-order valence-electron chi connectivity index (χ1n) is 6.96. The van der Waals surface area contributed by atoms with E-state index >= 15 is 0 Å². The number of nitrogens with one attached hydrogen (secondary N) is 1. The molecule has 0 spiro atoms. The normalized spacial score (nSPS) is 23.3. The van der Waals surface area contributed by atoms with Crippen molar-refractivity contribution in [3.05, 3.63) is 32.6 Å². The number of ether oxygens (including phenoxy) is 1. The third-order valence-electron chi connectivity index (χ3n) is 3.28. The first-order valence-corrected chi connectivity index (χ1v) is 8.49. The lowest BCUT2D eigenvalue weighted by molar-refractivity contribution is -0.112. The summed E-state index contributed by atoms with van der Waals surface area (Å²) in [4.78, 5) is 25.7. The van der Waals surface area contributed by atoms with Crippen LogP contribution in [0, 0.1) is 6.92 Å². The van der Waals surface area contributed by atoms with Gasteiger partial charge < -0.3 is 4.74 Å². The predicted molar refractivity (Wildman–Crippen MR) is 87.8 cm³/mol. The topological polar surface area (TPSA) is 96.9 Å². The van der Waals surface area contributed by atoms with Gasteiger partial charge in [-0.25, -0.2) is 9.10 Å². The number of hydrogen-bond acceptors (Lipinski definition) is 7. The lowest BCUT2D eigenvalue weighted by Crippen LogP contribution is -2.46. The highest BCUT2D eigenvalue weighted by molar-refractivity contribution is 7.77. The number of aromatic nitrogens is 2. The molecular formula is C12H20N4O5PS+. The second kappa shape index (κ2) is 7.69. The number of aromatic amines is 1. The highest BCUT2D eigenvalue weighted by atomic mass is 32.1. The van der Waals surface area contributed by atoms with Crippen molar-refractivity contribution in [2.75, 3.05) is 33.8 Å². The fraction of sp³-hybridized carbons (Fsp3) is 0.667. The Morgan fingerprint density at radius 3 is 2.83 bits per heavy atom. The first kappa shape index (κ1) is 18.3. The van der Waals surface area contributed by atoms with Crippen LogP contribution in [0.4, 0.5) is 0 Å². The van der Waals surface area contributed by atoms with Crippen molar-refractivity contribution in [2.24, 2.45) is 0 Å². The molecular weight excluding hydrogens is 343 g/mol. The SMILES string of the molecule is Cc1cn([C@H]2CN(S)C[C@@H](CO[P+](=O)N(C)C)O2)c(=O)[nH]c1=O. The Balaban J connectivity index is 2.12.